The average Bonchev–Trinajstić information content (AvgIpc) is 1.85. The zero-order valence-corrected chi connectivity index (χ0v) is 6.29. The van der Waals surface area contributed by atoms with Crippen LogP contribution in [0.4, 0.5) is 5.69 Å². The van der Waals surface area contributed by atoms with Crippen molar-refractivity contribution in [2.45, 2.75) is 6.92 Å². The molecule has 1 aromatic carbocycles. The molecule has 0 aliphatic heterocycles. The van der Waals surface area contributed by atoms with Crippen LogP contribution in [0.5, 0.6) is 0 Å². The molecule has 54 valence electrons. The van der Waals surface area contributed by atoms with E-state index in [-0.39, 0.29) is 5.91 Å². The Morgan fingerprint density at radius 2 is 2.27 bits per heavy atom. The maximum atomic E-state index is 10.6. The number of nitrogens with one attached hydrogen (secondary N) is 1. The smallest absolute Gasteiger partial charge is 0.221 e. The van der Waals surface area contributed by atoms with Gasteiger partial charge in [-0.05, 0) is 12.1 Å². The molecule has 0 saturated carbocycles. The van der Waals surface area contributed by atoms with Crippen LogP contribution in [-0.4, -0.2) is 13.8 Å². The molecule has 0 bridgehead atoms. The SMILES string of the molecule is [B]c1cccc(NC(C)=O)c1. The molecular formula is C8H8BNO. The summed E-state index contributed by atoms with van der Waals surface area (Å²) in [7, 11) is 5.48. The van der Waals surface area contributed by atoms with Crippen molar-refractivity contribution in [1.82, 2.24) is 0 Å². The van der Waals surface area contributed by atoms with Crippen LogP contribution in [0, 0.1) is 0 Å². The zero-order valence-electron chi connectivity index (χ0n) is 6.29. The highest BCUT2D eigenvalue weighted by Gasteiger charge is 1.92. The lowest BCUT2D eigenvalue weighted by Crippen LogP contribution is -2.09. The molecule has 2 radical (unpaired) electrons. The lowest BCUT2D eigenvalue weighted by molar-refractivity contribution is -0.114. The summed E-state index contributed by atoms with van der Waals surface area (Å²) in [5.74, 6) is -0.0874. The summed E-state index contributed by atoms with van der Waals surface area (Å²) in [5, 5.41) is 2.63. The molecule has 2 nitrogen and oxygen atoms in total. The van der Waals surface area contributed by atoms with Crippen LogP contribution in [0.25, 0.3) is 0 Å². The Labute approximate surface area is 67.0 Å². The molecule has 3 heteroatoms. The van der Waals surface area contributed by atoms with Gasteiger partial charge in [0, 0.05) is 12.6 Å². The van der Waals surface area contributed by atoms with E-state index in [1.807, 2.05) is 0 Å². The first-order valence-electron chi connectivity index (χ1n) is 3.31. The van der Waals surface area contributed by atoms with E-state index >= 15 is 0 Å². The standard InChI is InChI=1S/C8H8BNO/c1-6(11)10-8-4-2-3-7(9)5-8/h2-5H,1H3,(H,10,11). The minimum atomic E-state index is -0.0874. The summed E-state index contributed by atoms with van der Waals surface area (Å²) in [6.45, 7) is 1.46. The van der Waals surface area contributed by atoms with Crippen LogP contribution in [0.1, 0.15) is 6.92 Å². The Hall–Kier alpha value is -1.25. The number of carbonyl (C=O) groups excluding carboxylic acids is 1. The fourth-order valence-corrected chi connectivity index (χ4v) is 0.820. The van der Waals surface area contributed by atoms with Gasteiger partial charge < -0.3 is 5.32 Å². The van der Waals surface area contributed by atoms with E-state index in [4.69, 9.17) is 7.85 Å². The molecule has 0 aliphatic rings. The Bertz CT molecular complexity index is 273. The molecule has 0 fully saturated rings. The fourth-order valence-electron chi connectivity index (χ4n) is 0.820. The van der Waals surface area contributed by atoms with Gasteiger partial charge in [0.1, 0.15) is 7.85 Å². The zero-order chi connectivity index (χ0) is 8.27. The normalized spacial score (nSPS) is 9.18. The largest absolute Gasteiger partial charge is 0.326 e. The summed E-state index contributed by atoms with van der Waals surface area (Å²) in [6, 6.07) is 7.06. The summed E-state index contributed by atoms with van der Waals surface area (Å²) in [5.41, 5.74) is 1.38. The van der Waals surface area contributed by atoms with Gasteiger partial charge in [-0.2, -0.15) is 0 Å². The number of benzene rings is 1. The predicted molar refractivity (Wildman–Crippen MR) is 46.1 cm³/mol. The van der Waals surface area contributed by atoms with Gasteiger partial charge in [0.05, 0.1) is 0 Å². The van der Waals surface area contributed by atoms with Crippen LogP contribution in [0.3, 0.4) is 0 Å². The number of hydrogen-bond acceptors (Lipinski definition) is 1. The van der Waals surface area contributed by atoms with E-state index in [0.29, 0.717) is 5.46 Å². The summed E-state index contributed by atoms with van der Waals surface area (Å²) < 4.78 is 0. The van der Waals surface area contributed by atoms with E-state index in [1.54, 1.807) is 24.3 Å². The van der Waals surface area contributed by atoms with Gasteiger partial charge in [0.15, 0.2) is 0 Å². The minimum Gasteiger partial charge on any atom is -0.326 e. The van der Waals surface area contributed by atoms with Crippen molar-refractivity contribution >= 4 is 24.9 Å². The first kappa shape index (κ1) is 7.86. The van der Waals surface area contributed by atoms with E-state index in [2.05, 4.69) is 5.32 Å². The Kier molecular flexibility index (Phi) is 2.31. The van der Waals surface area contributed by atoms with Crippen molar-refractivity contribution in [2.75, 3.05) is 5.32 Å². The highest BCUT2D eigenvalue weighted by molar-refractivity contribution is 6.32. The number of hydrogen-bond donors (Lipinski definition) is 1. The molecule has 0 aliphatic carbocycles. The molecular weight excluding hydrogens is 137 g/mol. The number of rotatable bonds is 1. The molecule has 1 rings (SSSR count). The van der Waals surface area contributed by atoms with Gasteiger partial charge in [-0.25, -0.2) is 0 Å². The molecule has 0 aromatic heterocycles. The summed E-state index contributed by atoms with van der Waals surface area (Å²) >= 11 is 0. The van der Waals surface area contributed by atoms with E-state index in [9.17, 15) is 4.79 Å². The Balaban J connectivity index is 2.79. The van der Waals surface area contributed by atoms with Gasteiger partial charge in [-0.3, -0.25) is 4.79 Å². The first-order valence-corrected chi connectivity index (χ1v) is 3.31. The third-order valence-electron chi connectivity index (χ3n) is 1.21. The number of anilines is 1. The van der Waals surface area contributed by atoms with Gasteiger partial charge in [0.2, 0.25) is 5.91 Å². The van der Waals surface area contributed by atoms with E-state index < -0.39 is 0 Å². The van der Waals surface area contributed by atoms with Crippen LogP contribution >= 0.6 is 0 Å². The Morgan fingerprint density at radius 1 is 1.55 bits per heavy atom. The van der Waals surface area contributed by atoms with Crippen molar-refractivity contribution in [3.8, 4) is 0 Å². The van der Waals surface area contributed by atoms with E-state index in [1.165, 1.54) is 6.92 Å². The van der Waals surface area contributed by atoms with E-state index in [0.717, 1.165) is 5.69 Å². The van der Waals surface area contributed by atoms with Gasteiger partial charge in [0.25, 0.3) is 0 Å². The summed E-state index contributed by atoms with van der Waals surface area (Å²) in [6.07, 6.45) is 0. The molecule has 1 amide bonds. The first-order chi connectivity index (χ1) is 5.18. The molecule has 0 atom stereocenters. The van der Waals surface area contributed by atoms with Gasteiger partial charge in [-0.1, -0.05) is 17.6 Å². The second kappa shape index (κ2) is 3.24. The van der Waals surface area contributed by atoms with Crippen LogP contribution in [-0.2, 0) is 4.79 Å². The molecule has 0 unspecified atom stereocenters. The third-order valence-corrected chi connectivity index (χ3v) is 1.21. The minimum absolute atomic E-state index is 0.0874. The topological polar surface area (TPSA) is 29.1 Å². The quantitative estimate of drug-likeness (QED) is 0.570. The second-order valence-electron chi connectivity index (χ2n) is 2.31. The fraction of sp³-hybridized carbons (Fsp3) is 0.125. The molecule has 1 N–H and O–H groups in total. The highest BCUT2D eigenvalue weighted by atomic mass is 16.1. The van der Waals surface area contributed by atoms with Crippen LogP contribution < -0.4 is 10.8 Å². The average molecular weight is 145 g/mol. The molecule has 0 spiro atoms. The van der Waals surface area contributed by atoms with Gasteiger partial charge in [-0.15, -0.1) is 0 Å². The molecule has 1 aromatic rings. The number of carbonyl (C=O) groups is 1. The third kappa shape index (κ3) is 2.46. The molecule has 0 heterocycles. The molecule has 0 saturated heterocycles. The van der Waals surface area contributed by atoms with Crippen LogP contribution in [0.15, 0.2) is 24.3 Å². The van der Waals surface area contributed by atoms with Crippen molar-refractivity contribution in [3.63, 3.8) is 0 Å². The van der Waals surface area contributed by atoms with Crippen molar-refractivity contribution in [1.29, 1.82) is 0 Å². The van der Waals surface area contributed by atoms with Crippen molar-refractivity contribution in [2.24, 2.45) is 0 Å². The lowest BCUT2D eigenvalue weighted by Gasteiger charge is -2.01. The van der Waals surface area contributed by atoms with Crippen LogP contribution in [0.2, 0.25) is 0 Å². The highest BCUT2D eigenvalue weighted by Crippen LogP contribution is 2.01. The monoisotopic (exact) mass is 145 g/mol. The maximum absolute atomic E-state index is 10.6. The predicted octanol–water partition coefficient (Wildman–Crippen LogP) is 0.439. The van der Waals surface area contributed by atoms with Gasteiger partial charge >= 0.3 is 0 Å². The molecule has 11 heavy (non-hydrogen) atoms. The van der Waals surface area contributed by atoms with Crippen molar-refractivity contribution < 1.29 is 4.79 Å². The summed E-state index contributed by atoms with van der Waals surface area (Å²) in [4.78, 5) is 10.6. The maximum Gasteiger partial charge on any atom is 0.221 e. The lowest BCUT2D eigenvalue weighted by atomic mass is 9.96. The second-order valence-corrected chi connectivity index (χ2v) is 2.31. The van der Waals surface area contributed by atoms with Crippen molar-refractivity contribution in [3.05, 3.63) is 24.3 Å². The Morgan fingerprint density at radius 3 is 2.82 bits per heavy atom. The number of amides is 1.